The van der Waals surface area contributed by atoms with E-state index in [9.17, 15) is 0 Å². The highest BCUT2D eigenvalue weighted by Crippen LogP contribution is 2.18. The van der Waals surface area contributed by atoms with Gasteiger partial charge >= 0.3 is 0 Å². The van der Waals surface area contributed by atoms with Crippen LogP contribution in [0.1, 0.15) is 16.7 Å². The smallest absolute Gasteiger partial charge is 0.0992 e. The van der Waals surface area contributed by atoms with Gasteiger partial charge < -0.3 is 10.4 Å². The quantitative estimate of drug-likeness (QED) is 0.859. The zero-order valence-electron chi connectivity index (χ0n) is 11.6. The fourth-order valence-electron chi connectivity index (χ4n) is 2.11. The molecule has 0 bridgehead atoms. The third-order valence-electron chi connectivity index (χ3n) is 3.19. The van der Waals surface area contributed by atoms with E-state index >= 15 is 0 Å². The van der Waals surface area contributed by atoms with Crippen LogP contribution in [-0.2, 0) is 12.8 Å². The molecule has 0 spiro atoms. The maximum absolute atomic E-state index is 8.91. The summed E-state index contributed by atoms with van der Waals surface area (Å²) in [6.45, 7) is 0.946. The Bertz CT molecular complexity index is 632. The maximum Gasteiger partial charge on any atom is 0.0992 e. The normalized spacial score (nSPS) is 10.1. The molecule has 2 aromatic rings. The molecule has 0 atom stereocenters. The molecule has 2 aromatic carbocycles. The molecule has 0 aromatic heterocycles. The number of rotatable bonds is 6. The number of hydrogen-bond acceptors (Lipinski definition) is 3. The second-order valence-corrected chi connectivity index (χ2v) is 5.24. The van der Waals surface area contributed by atoms with Crippen LogP contribution in [-0.4, -0.2) is 18.3 Å². The minimum Gasteiger partial charge on any atom is -0.396 e. The molecule has 0 aliphatic heterocycles. The monoisotopic (exact) mass is 300 g/mol. The molecule has 108 valence electrons. The number of nitrogens with zero attached hydrogens (tertiary/aromatic N) is 1. The van der Waals surface area contributed by atoms with Crippen molar-refractivity contribution in [3.05, 3.63) is 64.2 Å². The van der Waals surface area contributed by atoms with Gasteiger partial charge in [-0.05, 0) is 42.2 Å². The van der Waals surface area contributed by atoms with Crippen molar-refractivity contribution in [3.8, 4) is 6.07 Å². The largest absolute Gasteiger partial charge is 0.396 e. The lowest BCUT2D eigenvalue weighted by molar-refractivity contribution is 0.299. The Balaban J connectivity index is 1.89. The topological polar surface area (TPSA) is 56.0 Å². The number of halogens is 1. The predicted octanol–water partition coefficient (Wildman–Crippen LogP) is 3.40. The summed E-state index contributed by atoms with van der Waals surface area (Å²) < 4.78 is 0. The Morgan fingerprint density at radius 2 is 1.71 bits per heavy atom. The number of aliphatic hydroxyl groups excluding tert-OH is 1. The lowest BCUT2D eigenvalue weighted by Crippen LogP contribution is -2.05. The molecule has 2 rings (SSSR count). The molecule has 0 saturated heterocycles. The van der Waals surface area contributed by atoms with Crippen molar-refractivity contribution in [1.29, 1.82) is 5.26 Å². The van der Waals surface area contributed by atoms with Crippen LogP contribution in [0.3, 0.4) is 0 Å². The van der Waals surface area contributed by atoms with Gasteiger partial charge in [0.2, 0.25) is 0 Å². The second-order valence-electron chi connectivity index (χ2n) is 4.81. The first-order chi connectivity index (χ1) is 10.2. The van der Waals surface area contributed by atoms with Gasteiger partial charge in [0, 0.05) is 23.9 Å². The summed E-state index contributed by atoms with van der Waals surface area (Å²) in [7, 11) is 0. The highest BCUT2D eigenvalue weighted by molar-refractivity contribution is 6.31. The van der Waals surface area contributed by atoms with Crippen LogP contribution < -0.4 is 5.32 Å². The van der Waals surface area contributed by atoms with Crippen molar-refractivity contribution in [2.75, 3.05) is 18.5 Å². The minimum atomic E-state index is 0.177. The van der Waals surface area contributed by atoms with Gasteiger partial charge in [-0.1, -0.05) is 35.9 Å². The van der Waals surface area contributed by atoms with Crippen molar-refractivity contribution in [2.45, 2.75) is 12.8 Å². The highest BCUT2D eigenvalue weighted by atomic mass is 35.5. The summed E-state index contributed by atoms with van der Waals surface area (Å²) in [5.41, 5.74) is 3.78. The standard InChI is InChI=1S/C17H17ClN2O/c18-16-9-15(12-19)10-17(11-16)20-7-5-13-1-3-14(4-2-13)6-8-21/h1-4,9-11,20-21H,5-8H2. The van der Waals surface area contributed by atoms with E-state index in [-0.39, 0.29) is 6.61 Å². The Kier molecular flexibility index (Phi) is 5.62. The maximum atomic E-state index is 8.91. The van der Waals surface area contributed by atoms with E-state index in [4.69, 9.17) is 22.0 Å². The molecule has 0 aliphatic rings. The van der Waals surface area contributed by atoms with Crippen LogP contribution in [0.4, 0.5) is 5.69 Å². The van der Waals surface area contributed by atoms with Crippen molar-refractivity contribution in [2.24, 2.45) is 0 Å². The van der Waals surface area contributed by atoms with Crippen LogP contribution in [0, 0.1) is 11.3 Å². The van der Waals surface area contributed by atoms with Gasteiger partial charge in [-0.2, -0.15) is 5.26 Å². The number of nitriles is 1. The van der Waals surface area contributed by atoms with Gasteiger partial charge in [0.25, 0.3) is 0 Å². The zero-order valence-corrected chi connectivity index (χ0v) is 12.4. The molecular weight excluding hydrogens is 284 g/mol. The van der Waals surface area contributed by atoms with Crippen molar-refractivity contribution < 1.29 is 5.11 Å². The molecule has 4 heteroatoms. The third kappa shape index (κ3) is 4.78. The average Bonchev–Trinajstić information content (AvgIpc) is 2.49. The van der Waals surface area contributed by atoms with Gasteiger partial charge in [-0.3, -0.25) is 0 Å². The van der Waals surface area contributed by atoms with Gasteiger partial charge in [0.15, 0.2) is 0 Å². The molecule has 21 heavy (non-hydrogen) atoms. The summed E-state index contributed by atoms with van der Waals surface area (Å²) in [5.74, 6) is 0. The lowest BCUT2D eigenvalue weighted by Gasteiger charge is -2.08. The summed E-state index contributed by atoms with van der Waals surface area (Å²) in [6, 6.07) is 15.6. The number of nitrogens with one attached hydrogen (secondary N) is 1. The van der Waals surface area contributed by atoms with Gasteiger partial charge in [-0.25, -0.2) is 0 Å². The van der Waals surface area contributed by atoms with Gasteiger partial charge in [-0.15, -0.1) is 0 Å². The lowest BCUT2D eigenvalue weighted by atomic mass is 10.1. The van der Waals surface area contributed by atoms with Gasteiger partial charge in [0.05, 0.1) is 11.6 Å². The fourth-order valence-corrected chi connectivity index (χ4v) is 2.34. The van der Waals surface area contributed by atoms with Crippen LogP contribution in [0.15, 0.2) is 42.5 Å². The number of benzene rings is 2. The summed E-state index contributed by atoms with van der Waals surface area (Å²) >= 11 is 5.96. The Morgan fingerprint density at radius 1 is 1.05 bits per heavy atom. The van der Waals surface area contributed by atoms with Crippen molar-refractivity contribution >= 4 is 17.3 Å². The number of anilines is 1. The fraction of sp³-hybridized carbons (Fsp3) is 0.235. The molecule has 0 unspecified atom stereocenters. The molecule has 0 fully saturated rings. The van der Waals surface area contributed by atoms with E-state index in [1.165, 1.54) is 5.56 Å². The Hall–Kier alpha value is -2.02. The predicted molar refractivity (Wildman–Crippen MR) is 85.6 cm³/mol. The zero-order chi connectivity index (χ0) is 15.1. The molecule has 0 saturated carbocycles. The summed E-state index contributed by atoms with van der Waals surface area (Å²) in [6.07, 6.45) is 1.58. The average molecular weight is 301 g/mol. The van der Waals surface area contributed by atoms with E-state index in [1.54, 1.807) is 12.1 Å². The molecule has 0 aliphatic carbocycles. The SMILES string of the molecule is N#Cc1cc(Cl)cc(NCCc2ccc(CCO)cc2)c1. The first-order valence-electron chi connectivity index (χ1n) is 6.84. The molecule has 0 amide bonds. The van der Waals surface area contributed by atoms with Crippen LogP contribution >= 0.6 is 11.6 Å². The minimum absolute atomic E-state index is 0.177. The third-order valence-corrected chi connectivity index (χ3v) is 3.41. The van der Waals surface area contributed by atoms with Crippen molar-refractivity contribution in [3.63, 3.8) is 0 Å². The summed E-state index contributed by atoms with van der Waals surface area (Å²) in [5, 5.41) is 21.6. The van der Waals surface area contributed by atoms with Gasteiger partial charge in [0.1, 0.15) is 0 Å². The highest BCUT2D eigenvalue weighted by Gasteiger charge is 2.00. The Labute approximate surface area is 129 Å². The summed E-state index contributed by atoms with van der Waals surface area (Å²) in [4.78, 5) is 0. The molecule has 2 N–H and O–H groups in total. The van der Waals surface area contributed by atoms with E-state index < -0.39 is 0 Å². The van der Waals surface area contributed by atoms with E-state index in [0.717, 1.165) is 24.2 Å². The first kappa shape index (κ1) is 15.4. The van der Waals surface area contributed by atoms with E-state index in [1.807, 2.05) is 18.2 Å². The van der Waals surface area contributed by atoms with Crippen LogP contribution in [0.2, 0.25) is 5.02 Å². The number of hydrogen-bond donors (Lipinski definition) is 2. The number of aliphatic hydroxyl groups is 1. The second kappa shape index (κ2) is 7.68. The molecule has 3 nitrogen and oxygen atoms in total. The van der Waals surface area contributed by atoms with Crippen molar-refractivity contribution in [1.82, 2.24) is 0 Å². The first-order valence-corrected chi connectivity index (χ1v) is 7.22. The van der Waals surface area contributed by atoms with Crippen LogP contribution in [0.25, 0.3) is 0 Å². The van der Waals surface area contributed by atoms with Crippen LogP contribution in [0.5, 0.6) is 0 Å². The Morgan fingerprint density at radius 3 is 2.33 bits per heavy atom. The molecule has 0 radical (unpaired) electrons. The van der Waals surface area contributed by atoms with E-state index in [2.05, 4.69) is 23.5 Å². The van der Waals surface area contributed by atoms with E-state index in [0.29, 0.717) is 17.0 Å². The molecular formula is C17H17ClN2O. The molecule has 0 heterocycles.